The average Bonchev–Trinajstić information content (AvgIpc) is 2.62. The molecule has 0 radical (unpaired) electrons. The molecule has 0 unspecified atom stereocenters. The molecule has 0 fully saturated rings. The van der Waals surface area contributed by atoms with Gasteiger partial charge in [-0.3, -0.25) is 0 Å². The molecule has 0 atom stereocenters. The monoisotopic (exact) mass is 223 g/mol. The zero-order valence-corrected chi connectivity index (χ0v) is 10.4. The molecule has 1 aromatic heterocycles. The van der Waals surface area contributed by atoms with E-state index in [1.165, 1.54) is 0 Å². The van der Waals surface area contributed by atoms with E-state index >= 15 is 0 Å². The minimum absolute atomic E-state index is 0.103. The second-order valence-electron chi connectivity index (χ2n) is 4.78. The molecule has 16 heavy (non-hydrogen) atoms. The number of hydrogen-bond acceptors (Lipinski definition) is 3. The van der Waals surface area contributed by atoms with Crippen molar-refractivity contribution in [2.45, 2.75) is 39.5 Å². The molecule has 0 saturated carbocycles. The van der Waals surface area contributed by atoms with Crippen LogP contribution < -0.4 is 5.32 Å². The lowest BCUT2D eigenvalue weighted by molar-refractivity contribution is 0.130. The highest BCUT2D eigenvalue weighted by atomic mass is 16.5. The summed E-state index contributed by atoms with van der Waals surface area (Å²) in [5, 5.41) is 3.37. The van der Waals surface area contributed by atoms with Crippen LogP contribution in [0.2, 0.25) is 0 Å². The van der Waals surface area contributed by atoms with Crippen LogP contribution in [-0.4, -0.2) is 12.1 Å². The first kappa shape index (κ1) is 13.0. The second-order valence-corrected chi connectivity index (χ2v) is 4.78. The molecule has 0 aromatic carbocycles. The lowest BCUT2D eigenvalue weighted by Gasteiger charge is -2.19. The van der Waals surface area contributed by atoms with Crippen LogP contribution in [-0.2, 0) is 17.9 Å². The van der Waals surface area contributed by atoms with Gasteiger partial charge in [-0.1, -0.05) is 6.08 Å². The van der Waals surface area contributed by atoms with Crippen molar-refractivity contribution in [3.63, 3.8) is 0 Å². The minimum atomic E-state index is 0.103. The van der Waals surface area contributed by atoms with Gasteiger partial charge in [-0.25, -0.2) is 0 Å². The van der Waals surface area contributed by atoms with Gasteiger partial charge in [-0.05, 0) is 32.9 Å². The molecule has 1 N–H and O–H groups in total. The Morgan fingerprint density at radius 2 is 2.06 bits per heavy atom. The molecule has 1 rings (SSSR count). The Morgan fingerprint density at radius 1 is 1.38 bits per heavy atom. The lowest BCUT2D eigenvalue weighted by atomic mass is 10.1. The zero-order chi connectivity index (χ0) is 12.0. The Hall–Kier alpha value is -1.06. The van der Waals surface area contributed by atoms with Crippen LogP contribution in [0.25, 0.3) is 0 Å². The number of furan rings is 1. The highest BCUT2D eigenvalue weighted by Crippen LogP contribution is 2.10. The third-order valence-corrected chi connectivity index (χ3v) is 1.99. The molecule has 0 bridgehead atoms. The van der Waals surface area contributed by atoms with Gasteiger partial charge in [0.2, 0.25) is 0 Å². The molecule has 1 heterocycles. The van der Waals surface area contributed by atoms with E-state index in [2.05, 4.69) is 32.7 Å². The van der Waals surface area contributed by atoms with Crippen LogP contribution >= 0.6 is 0 Å². The lowest BCUT2D eigenvalue weighted by Crippen LogP contribution is -2.34. The van der Waals surface area contributed by atoms with Gasteiger partial charge in [0.15, 0.2) is 0 Å². The predicted octanol–water partition coefficient (Wildman–Crippen LogP) is 2.87. The van der Waals surface area contributed by atoms with E-state index in [1.54, 1.807) is 6.08 Å². The van der Waals surface area contributed by atoms with Crippen molar-refractivity contribution in [1.29, 1.82) is 0 Å². The minimum Gasteiger partial charge on any atom is -0.462 e. The summed E-state index contributed by atoms with van der Waals surface area (Å²) in [6.07, 6.45) is 1.73. The van der Waals surface area contributed by atoms with Crippen LogP contribution in [0.3, 0.4) is 0 Å². The Bertz CT molecular complexity index is 323. The number of nitrogens with one attached hydrogen (secondary N) is 1. The van der Waals surface area contributed by atoms with E-state index in [1.807, 2.05) is 12.1 Å². The molecular weight excluding hydrogens is 202 g/mol. The molecule has 0 aliphatic heterocycles. The van der Waals surface area contributed by atoms with E-state index < -0.39 is 0 Å². The maximum atomic E-state index is 5.60. The number of hydrogen-bond donors (Lipinski definition) is 1. The fourth-order valence-corrected chi connectivity index (χ4v) is 1.19. The Kier molecular flexibility index (Phi) is 4.77. The van der Waals surface area contributed by atoms with Gasteiger partial charge in [0.25, 0.3) is 0 Å². The predicted molar refractivity (Wildman–Crippen MR) is 65.2 cm³/mol. The third-order valence-electron chi connectivity index (χ3n) is 1.99. The fourth-order valence-electron chi connectivity index (χ4n) is 1.19. The molecule has 1 aromatic rings. The van der Waals surface area contributed by atoms with E-state index in [0.29, 0.717) is 13.2 Å². The van der Waals surface area contributed by atoms with E-state index in [4.69, 9.17) is 9.15 Å². The third kappa shape index (κ3) is 5.14. The molecule has 0 aliphatic rings. The smallest absolute Gasteiger partial charge is 0.129 e. The van der Waals surface area contributed by atoms with Crippen LogP contribution in [0.4, 0.5) is 0 Å². The topological polar surface area (TPSA) is 34.4 Å². The van der Waals surface area contributed by atoms with E-state index in [9.17, 15) is 0 Å². The maximum absolute atomic E-state index is 5.60. The molecule has 0 spiro atoms. The first-order valence-electron chi connectivity index (χ1n) is 5.52. The Morgan fingerprint density at radius 3 is 2.69 bits per heavy atom. The maximum Gasteiger partial charge on any atom is 0.129 e. The number of rotatable bonds is 6. The van der Waals surface area contributed by atoms with Crippen molar-refractivity contribution in [2.24, 2.45) is 0 Å². The van der Waals surface area contributed by atoms with E-state index in [0.717, 1.165) is 18.1 Å². The largest absolute Gasteiger partial charge is 0.462 e. The highest BCUT2D eigenvalue weighted by Gasteiger charge is 2.10. The molecule has 0 amide bonds. The van der Waals surface area contributed by atoms with Crippen LogP contribution in [0.5, 0.6) is 0 Å². The van der Waals surface area contributed by atoms with Crippen molar-refractivity contribution in [2.75, 3.05) is 6.61 Å². The Labute approximate surface area is 97.5 Å². The van der Waals surface area contributed by atoms with Crippen molar-refractivity contribution in [1.82, 2.24) is 5.32 Å². The van der Waals surface area contributed by atoms with Crippen molar-refractivity contribution < 1.29 is 9.15 Å². The first-order chi connectivity index (χ1) is 7.51. The van der Waals surface area contributed by atoms with Gasteiger partial charge in [0.1, 0.15) is 18.1 Å². The summed E-state index contributed by atoms with van der Waals surface area (Å²) in [5.41, 5.74) is 0.103. The summed E-state index contributed by atoms with van der Waals surface area (Å²) < 4.78 is 10.9. The highest BCUT2D eigenvalue weighted by molar-refractivity contribution is 5.06. The second kappa shape index (κ2) is 5.87. The zero-order valence-electron chi connectivity index (χ0n) is 10.4. The van der Waals surface area contributed by atoms with Gasteiger partial charge in [-0.2, -0.15) is 0 Å². The summed E-state index contributed by atoms with van der Waals surface area (Å²) in [6, 6.07) is 3.92. The number of ether oxygens (including phenoxy) is 1. The standard InChI is InChI=1S/C13H21NO2/c1-5-8-15-10-12-7-6-11(16-12)9-14-13(2,3)4/h5-7,14H,1,8-10H2,2-4H3. The molecule has 0 aliphatic carbocycles. The molecular formula is C13H21NO2. The van der Waals surface area contributed by atoms with Gasteiger partial charge in [0.05, 0.1) is 13.2 Å². The summed E-state index contributed by atoms with van der Waals surface area (Å²) in [5.74, 6) is 1.79. The van der Waals surface area contributed by atoms with Crippen LogP contribution in [0.15, 0.2) is 29.2 Å². The van der Waals surface area contributed by atoms with E-state index in [-0.39, 0.29) is 5.54 Å². The van der Waals surface area contributed by atoms with Gasteiger partial charge < -0.3 is 14.5 Å². The van der Waals surface area contributed by atoms with Crippen molar-refractivity contribution in [3.05, 3.63) is 36.3 Å². The molecule has 3 heteroatoms. The van der Waals surface area contributed by atoms with Crippen molar-refractivity contribution in [3.8, 4) is 0 Å². The molecule has 3 nitrogen and oxygen atoms in total. The van der Waals surface area contributed by atoms with Gasteiger partial charge in [-0.15, -0.1) is 6.58 Å². The first-order valence-corrected chi connectivity index (χ1v) is 5.52. The SMILES string of the molecule is C=CCOCc1ccc(CNC(C)(C)C)o1. The summed E-state index contributed by atoms with van der Waals surface area (Å²) in [4.78, 5) is 0. The van der Waals surface area contributed by atoms with Gasteiger partial charge >= 0.3 is 0 Å². The summed E-state index contributed by atoms with van der Waals surface area (Å²) in [7, 11) is 0. The van der Waals surface area contributed by atoms with Crippen LogP contribution in [0, 0.1) is 0 Å². The normalized spacial score (nSPS) is 11.7. The molecule has 90 valence electrons. The average molecular weight is 223 g/mol. The van der Waals surface area contributed by atoms with Crippen molar-refractivity contribution >= 4 is 0 Å². The Balaban J connectivity index is 2.36. The molecule has 0 saturated heterocycles. The van der Waals surface area contributed by atoms with Crippen LogP contribution in [0.1, 0.15) is 32.3 Å². The summed E-state index contributed by atoms with van der Waals surface area (Å²) >= 11 is 0. The quantitative estimate of drug-likeness (QED) is 0.595. The fraction of sp³-hybridized carbons (Fsp3) is 0.538. The summed E-state index contributed by atoms with van der Waals surface area (Å²) in [6.45, 7) is 11.8. The van der Waals surface area contributed by atoms with Gasteiger partial charge in [0, 0.05) is 5.54 Å².